The van der Waals surface area contributed by atoms with Crippen LogP contribution in [0.5, 0.6) is 0 Å². The van der Waals surface area contributed by atoms with Crippen LogP contribution in [-0.2, 0) is 6.54 Å². The first kappa shape index (κ1) is 21.1. The molecule has 3 aromatic heterocycles. The first-order chi connectivity index (χ1) is 16.1. The maximum absolute atomic E-state index is 12.8. The predicted molar refractivity (Wildman–Crippen MR) is 124 cm³/mol. The van der Waals surface area contributed by atoms with Crippen molar-refractivity contribution in [1.82, 2.24) is 35.1 Å². The van der Waals surface area contributed by atoms with E-state index in [0.29, 0.717) is 28.2 Å². The van der Waals surface area contributed by atoms with E-state index in [2.05, 4.69) is 35.9 Å². The van der Waals surface area contributed by atoms with E-state index >= 15 is 0 Å². The number of rotatable bonds is 6. The standard InChI is InChI=1S/C22H22ClN9O/c23-14-6-3-7-15(10-14)27-17-8-9-18-29-30-19(32(18)31-17)12-26-22(33)20-21(24)25-11-16(28-20)13-4-1-2-5-13/h3,6-11,13H,1-2,4-5,12H2,(H2,24,25)(H,26,33)(H,27,31). The van der Waals surface area contributed by atoms with E-state index in [1.165, 1.54) is 12.8 Å². The Morgan fingerprint density at radius 2 is 2.03 bits per heavy atom. The molecule has 3 heterocycles. The molecule has 0 saturated heterocycles. The van der Waals surface area contributed by atoms with Gasteiger partial charge in [0.15, 0.2) is 28.8 Å². The molecule has 10 nitrogen and oxygen atoms in total. The fourth-order valence-corrected chi connectivity index (χ4v) is 4.16. The van der Waals surface area contributed by atoms with Gasteiger partial charge in [-0.05, 0) is 43.2 Å². The van der Waals surface area contributed by atoms with Crippen LogP contribution in [0.25, 0.3) is 5.65 Å². The van der Waals surface area contributed by atoms with E-state index in [1.54, 1.807) is 35.0 Å². The molecule has 33 heavy (non-hydrogen) atoms. The number of nitrogens with zero attached hydrogens (tertiary/aromatic N) is 6. The van der Waals surface area contributed by atoms with Crippen molar-refractivity contribution in [2.24, 2.45) is 0 Å². The molecule has 1 aliphatic rings. The Balaban J connectivity index is 1.32. The third kappa shape index (κ3) is 4.56. The molecule has 0 unspecified atom stereocenters. The fourth-order valence-electron chi connectivity index (χ4n) is 3.96. The van der Waals surface area contributed by atoms with Crippen molar-refractivity contribution in [3.63, 3.8) is 0 Å². The van der Waals surface area contributed by atoms with Gasteiger partial charge in [-0.3, -0.25) is 4.79 Å². The number of nitrogens with one attached hydrogen (secondary N) is 2. The number of benzene rings is 1. The molecule has 168 valence electrons. The lowest BCUT2D eigenvalue weighted by atomic mass is 10.0. The summed E-state index contributed by atoms with van der Waals surface area (Å²) in [5.74, 6) is 1.07. The number of nitrogens with two attached hydrogens (primary N) is 1. The second-order valence-electron chi connectivity index (χ2n) is 7.93. The molecule has 0 spiro atoms. The molecule has 0 aliphatic heterocycles. The Morgan fingerprint density at radius 3 is 2.85 bits per heavy atom. The molecule has 0 atom stereocenters. The molecular weight excluding hydrogens is 442 g/mol. The van der Waals surface area contributed by atoms with Crippen LogP contribution in [0, 0.1) is 0 Å². The van der Waals surface area contributed by atoms with Crippen molar-refractivity contribution in [3.05, 3.63) is 64.8 Å². The van der Waals surface area contributed by atoms with Crippen molar-refractivity contribution in [3.8, 4) is 0 Å². The summed E-state index contributed by atoms with van der Waals surface area (Å²) in [5.41, 5.74) is 8.24. The van der Waals surface area contributed by atoms with Crippen LogP contribution < -0.4 is 16.4 Å². The van der Waals surface area contributed by atoms with E-state index in [9.17, 15) is 4.79 Å². The summed E-state index contributed by atoms with van der Waals surface area (Å²) >= 11 is 6.05. The lowest BCUT2D eigenvalue weighted by Crippen LogP contribution is -2.27. The van der Waals surface area contributed by atoms with Crippen LogP contribution in [0.1, 0.15) is 53.6 Å². The van der Waals surface area contributed by atoms with Gasteiger partial charge in [0.05, 0.1) is 18.4 Å². The Kier molecular flexibility index (Phi) is 5.74. The van der Waals surface area contributed by atoms with Gasteiger partial charge in [-0.2, -0.15) is 4.52 Å². The molecule has 0 bridgehead atoms. The smallest absolute Gasteiger partial charge is 0.274 e. The van der Waals surface area contributed by atoms with E-state index in [0.717, 1.165) is 24.2 Å². The molecule has 11 heteroatoms. The summed E-state index contributed by atoms with van der Waals surface area (Å²) in [5, 5.41) is 19.4. The largest absolute Gasteiger partial charge is 0.382 e. The molecule has 5 rings (SSSR count). The maximum Gasteiger partial charge on any atom is 0.274 e. The van der Waals surface area contributed by atoms with Gasteiger partial charge < -0.3 is 16.4 Å². The van der Waals surface area contributed by atoms with Gasteiger partial charge in [0.2, 0.25) is 0 Å². The number of hydrogen-bond donors (Lipinski definition) is 3. The third-order valence-corrected chi connectivity index (χ3v) is 5.87. The number of halogens is 1. The van der Waals surface area contributed by atoms with E-state index in [1.807, 2.05) is 12.1 Å². The monoisotopic (exact) mass is 463 g/mol. The highest BCUT2D eigenvalue weighted by molar-refractivity contribution is 6.30. The molecule has 1 fully saturated rings. The lowest BCUT2D eigenvalue weighted by molar-refractivity contribution is 0.0945. The van der Waals surface area contributed by atoms with Crippen LogP contribution in [0.3, 0.4) is 0 Å². The summed E-state index contributed by atoms with van der Waals surface area (Å²) < 4.78 is 1.57. The van der Waals surface area contributed by atoms with E-state index in [-0.39, 0.29) is 18.1 Å². The van der Waals surface area contributed by atoms with Gasteiger partial charge in [0, 0.05) is 16.6 Å². The minimum absolute atomic E-state index is 0.0996. The average Bonchev–Trinajstić information content (AvgIpc) is 3.48. The summed E-state index contributed by atoms with van der Waals surface area (Å²) in [6.45, 7) is 0.0996. The number of amides is 1. The van der Waals surface area contributed by atoms with Crippen LogP contribution in [-0.4, -0.2) is 35.7 Å². The highest BCUT2D eigenvalue weighted by atomic mass is 35.5. The fraction of sp³-hybridized carbons (Fsp3) is 0.273. The SMILES string of the molecule is Nc1ncc(C2CCCC2)nc1C(=O)NCc1nnc2ccc(Nc3cccc(Cl)c3)nn12. The highest BCUT2D eigenvalue weighted by Gasteiger charge is 2.22. The first-order valence-electron chi connectivity index (χ1n) is 10.7. The summed E-state index contributed by atoms with van der Waals surface area (Å²) in [6.07, 6.45) is 6.12. The molecular formula is C22H22ClN9O. The van der Waals surface area contributed by atoms with Crippen molar-refractivity contribution in [2.45, 2.75) is 38.1 Å². The van der Waals surface area contributed by atoms with Gasteiger partial charge >= 0.3 is 0 Å². The third-order valence-electron chi connectivity index (χ3n) is 5.64. The van der Waals surface area contributed by atoms with Crippen molar-refractivity contribution in [2.75, 3.05) is 11.1 Å². The molecule has 1 amide bonds. The Bertz CT molecular complexity index is 1320. The van der Waals surface area contributed by atoms with E-state index < -0.39 is 5.91 Å². The molecule has 4 N–H and O–H groups in total. The summed E-state index contributed by atoms with van der Waals surface area (Å²) in [7, 11) is 0. The zero-order valence-corrected chi connectivity index (χ0v) is 18.5. The minimum Gasteiger partial charge on any atom is -0.382 e. The molecule has 0 radical (unpaired) electrons. The Labute approximate surface area is 194 Å². The van der Waals surface area contributed by atoms with Crippen molar-refractivity contribution < 1.29 is 4.79 Å². The number of carbonyl (C=O) groups is 1. The van der Waals surface area contributed by atoms with Gasteiger partial charge in [-0.15, -0.1) is 15.3 Å². The van der Waals surface area contributed by atoms with Crippen LogP contribution in [0.4, 0.5) is 17.3 Å². The number of hydrogen-bond acceptors (Lipinski definition) is 8. The zero-order chi connectivity index (χ0) is 22.8. The number of anilines is 3. The van der Waals surface area contributed by atoms with Crippen molar-refractivity contribution >= 4 is 40.5 Å². The number of nitrogen functional groups attached to an aromatic ring is 1. The Hall–Kier alpha value is -3.79. The minimum atomic E-state index is -0.412. The van der Waals surface area contributed by atoms with Gasteiger partial charge in [-0.25, -0.2) is 9.97 Å². The van der Waals surface area contributed by atoms with Gasteiger partial charge in [0.1, 0.15) is 0 Å². The number of fused-ring (bicyclic) bond motifs is 1. The summed E-state index contributed by atoms with van der Waals surface area (Å²) in [6, 6.07) is 10.9. The topological polar surface area (TPSA) is 136 Å². The Morgan fingerprint density at radius 1 is 1.18 bits per heavy atom. The molecule has 1 aliphatic carbocycles. The molecule has 1 saturated carbocycles. The van der Waals surface area contributed by atoms with Crippen LogP contribution in [0.15, 0.2) is 42.6 Å². The van der Waals surface area contributed by atoms with Gasteiger partial charge in [-0.1, -0.05) is 30.5 Å². The average molecular weight is 464 g/mol. The highest BCUT2D eigenvalue weighted by Crippen LogP contribution is 2.33. The lowest BCUT2D eigenvalue weighted by Gasteiger charge is -2.11. The maximum atomic E-state index is 12.8. The number of carbonyl (C=O) groups excluding carboxylic acids is 1. The van der Waals surface area contributed by atoms with Gasteiger partial charge in [0.25, 0.3) is 5.91 Å². The number of aromatic nitrogens is 6. The second-order valence-corrected chi connectivity index (χ2v) is 8.37. The quantitative estimate of drug-likeness (QED) is 0.395. The second kappa shape index (κ2) is 8.99. The van der Waals surface area contributed by atoms with Crippen LogP contribution >= 0.6 is 11.6 Å². The summed E-state index contributed by atoms with van der Waals surface area (Å²) in [4.78, 5) is 21.5. The molecule has 4 aromatic rings. The zero-order valence-electron chi connectivity index (χ0n) is 17.7. The normalized spacial score (nSPS) is 14.0. The van der Waals surface area contributed by atoms with Crippen LogP contribution in [0.2, 0.25) is 5.02 Å². The van der Waals surface area contributed by atoms with Crippen molar-refractivity contribution in [1.29, 1.82) is 0 Å². The molecule has 1 aromatic carbocycles. The van der Waals surface area contributed by atoms with E-state index in [4.69, 9.17) is 17.3 Å². The predicted octanol–water partition coefficient (Wildman–Crippen LogP) is 3.48. The first-order valence-corrected chi connectivity index (χ1v) is 11.1.